The Kier molecular flexibility index (Phi) is 4.45. The fraction of sp³-hybridized carbons (Fsp3) is 0.133. The van der Waals surface area contributed by atoms with Crippen molar-refractivity contribution in [1.82, 2.24) is 0 Å². The Bertz CT molecular complexity index is 719. The Balaban J connectivity index is 2.51. The first kappa shape index (κ1) is 15.6. The van der Waals surface area contributed by atoms with Crippen LogP contribution in [0.5, 0.6) is 17.2 Å². The number of nitrogens with two attached hydrogens (primary N) is 1. The van der Waals surface area contributed by atoms with Crippen LogP contribution in [0.2, 0.25) is 0 Å². The Morgan fingerprint density at radius 2 is 1.86 bits per heavy atom. The molecule has 2 rings (SSSR count). The van der Waals surface area contributed by atoms with Crippen LogP contribution in [0, 0.1) is 11.6 Å². The van der Waals surface area contributed by atoms with Crippen molar-refractivity contribution in [2.75, 3.05) is 20.0 Å². The highest BCUT2D eigenvalue weighted by Crippen LogP contribution is 2.37. The monoisotopic (exact) mass is 309 g/mol. The molecule has 2 aromatic rings. The number of methoxy groups -OCH3 is 2. The highest BCUT2D eigenvalue weighted by molar-refractivity contribution is 5.96. The predicted molar refractivity (Wildman–Crippen MR) is 75.2 cm³/mol. The second-order valence-electron chi connectivity index (χ2n) is 4.23. The molecule has 0 unspecified atom stereocenters. The molecule has 0 bridgehead atoms. The van der Waals surface area contributed by atoms with Crippen molar-refractivity contribution in [2.45, 2.75) is 0 Å². The number of rotatable bonds is 4. The number of ether oxygens (including phenoxy) is 3. The van der Waals surface area contributed by atoms with Gasteiger partial charge in [-0.25, -0.2) is 13.6 Å². The highest BCUT2D eigenvalue weighted by atomic mass is 19.1. The van der Waals surface area contributed by atoms with Gasteiger partial charge in [-0.05, 0) is 18.2 Å². The fourth-order valence-electron chi connectivity index (χ4n) is 1.82. The number of esters is 1. The van der Waals surface area contributed by atoms with Gasteiger partial charge in [-0.15, -0.1) is 0 Å². The van der Waals surface area contributed by atoms with Crippen molar-refractivity contribution in [3.63, 3.8) is 0 Å². The van der Waals surface area contributed by atoms with Crippen LogP contribution in [-0.2, 0) is 4.74 Å². The van der Waals surface area contributed by atoms with E-state index in [1.807, 2.05) is 0 Å². The molecule has 0 saturated carbocycles. The lowest BCUT2D eigenvalue weighted by Crippen LogP contribution is -2.08. The number of anilines is 1. The largest absolute Gasteiger partial charge is 0.493 e. The molecule has 2 N–H and O–H groups in total. The average molecular weight is 309 g/mol. The number of nitrogen functional groups attached to an aromatic ring is 1. The van der Waals surface area contributed by atoms with Gasteiger partial charge < -0.3 is 19.9 Å². The van der Waals surface area contributed by atoms with Gasteiger partial charge in [0.25, 0.3) is 0 Å². The number of halogens is 2. The van der Waals surface area contributed by atoms with Crippen molar-refractivity contribution in [3.05, 3.63) is 47.5 Å². The van der Waals surface area contributed by atoms with Gasteiger partial charge >= 0.3 is 5.97 Å². The summed E-state index contributed by atoms with van der Waals surface area (Å²) in [6.07, 6.45) is 0. The molecule has 7 heteroatoms. The van der Waals surface area contributed by atoms with Crippen LogP contribution in [0.15, 0.2) is 30.3 Å². The lowest BCUT2D eigenvalue weighted by atomic mass is 10.1. The number of para-hydroxylation sites is 1. The Morgan fingerprint density at radius 3 is 2.50 bits per heavy atom. The molecule has 0 aliphatic rings. The Morgan fingerprint density at radius 1 is 1.14 bits per heavy atom. The van der Waals surface area contributed by atoms with E-state index in [0.717, 1.165) is 25.3 Å². The third kappa shape index (κ3) is 2.93. The van der Waals surface area contributed by atoms with E-state index in [9.17, 15) is 13.6 Å². The van der Waals surface area contributed by atoms with E-state index >= 15 is 0 Å². The lowest BCUT2D eigenvalue weighted by molar-refractivity contribution is 0.0601. The van der Waals surface area contributed by atoms with Crippen LogP contribution in [0.1, 0.15) is 10.4 Å². The number of carbonyl (C=O) groups is 1. The zero-order chi connectivity index (χ0) is 16.3. The van der Waals surface area contributed by atoms with Crippen LogP contribution in [0.3, 0.4) is 0 Å². The average Bonchev–Trinajstić information content (AvgIpc) is 2.51. The van der Waals surface area contributed by atoms with Gasteiger partial charge in [-0.1, -0.05) is 6.07 Å². The molecule has 0 aliphatic heterocycles. The molecule has 0 spiro atoms. The van der Waals surface area contributed by atoms with Crippen LogP contribution >= 0.6 is 0 Å². The molecule has 0 atom stereocenters. The summed E-state index contributed by atoms with van der Waals surface area (Å²) < 4.78 is 42.3. The molecule has 22 heavy (non-hydrogen) atoms. The van der Waals surface area contributed by atoms with Gasteiger partial charge in [0, 0.05) is 6.07 Å². The van der Waals surface area contributed by atoms with Crippen molar-refractivity contribution >= 4 is 11.7 Å². The summed E-state index contributed by atoms with van der Waals surface area (Å²) in [4.78, 5) is 11.6. The van der Waals surface area contributed by atoms with Crippen LogP contribution in [0.4, 0.5) is 14.5 Å². The smallest absolute Gasteiger partial charge is 0.340 e. The maximum Gasteiger partial charge on any atom is 0.340 e. The molecule has 0 aromatic heterocycles. The molecular weight excluding hydrogens is 296 g/mol. The first-order valence-electron chi connectivity index (χ1n) is 6.15. The maximum atomic E-state index is 13.8. The first-order chi connectivity index (χ1) is 10.5. The minimum atomic E-state index is -0.831. The van der Waals surface area contributed by atoms with Gasteiger partial charge in [0.2, 0.25) is 5.75 Å². The van der Waals surface area contributed by atoms with E-state index in [2.05, 4.69) is 4.74 Å². The molecular formula is C15H13F2NO4. The summed E-state index contributed by atoms with van der Waals surface area (Å²) in [5.74, 6) is -2.71. The molecule has 2 aromatic carbocycles. The standard InChI is InChI=1S/C15H13F2NO4/c1-20-11-5-3-4-10(17)14(11)22-12-7-8(16)6-9(13(12)18)15(19)21-2/h3-7H,18H2,1-2H3. The third-order valence-electron chi connectivity index (χ3n) is 2.87. The summed E-state index contributed by atoms with van der Waals surface area (Å²) in [6, 6.07) is 5.89. The van der Waals surface area contributed by atoms with Gasteiger partial charge in [0.15, 0.2) is 17.3 Å². The highest BCUT2D eigenvalue weighted by Gasteiger charge is 2.19. The fourth-order valence-corrected chi connectivity index (χ4v) is 1.82. The number of carbonyl (C=O) groups excluding carboxylic acids is 1. The summed E-state index contributed by atoms with van der Waals surface area (Å²) >= 11 is 0. The number of benzene rings is 2. The minimum Gasteiger partial charge on any atom is -0.493 e. The van der Waals surface area contributed by atoms with E-state index in [-0.39, 0.29) is 28.5 Å². The minimum absolute atomic E-state index is 0.100. The van der Waals surface area contributed by atoms with E-state index in [4.69, 9.17) is 15.2 Å². The Hall–Kier alpha value is -2.83. The van der Waals surface area contributed by atoms with Gasteiger partial charge in [-0.2, -0.15) is 0 Å². The molecule has 5 nitrogen and oxygen atoms in total. The van der Waals surface area contributed by atoms with Crippen LogP contribution < -0.4 is 15.2 Å². The van der Waals surface area contributed by atoms with Gasteiger partial charge in [0.05, 0.1) is 25.5 Å². The van der Waals surface area contributed by atoms with Crippen LogP contribution in [-0.4, -0.2) is 20.2 Å². The maximum absolute atomic E-state index is 13.8. The topological polar surface area (TPSA) is 70.8 Å². The molecule has 0 aliphatic carbocycles. The SMILES string of the molecule is COC(=O)c1cc(F)cc(Oc2c(F)cccc2OC)c1N. The van der Waals surface area contributed by atoms with Gasteiger partial charge in [-0.3, -0.25) is 0 Å². The van der Waals surface area contributed by atoms with Crippen molar-refractivity contribution in [2.24, 2.45) is 0 Å². The summed E-state index contributed by atoms with van der Waals surface area (Å²) in [7, 11) is 2.46. The van der Waals surface area contributed by atoms with Crippen molar-refractivity contribution in [3.8, 4) is 17.2 Å². The van der Waals surface area contributed by atoms with E-state index in [0.29, 0.717) is 0 Å². The first-order valence-corrected chi connectivity index (χ1v) is 6.15. The molecule has 0 amide bonds. The summed E-state index contributed by atoms with van der Waals surface area (Å²) in [5, 5.41) is 0. The molecule has 0 fully saturated rings. The number of hydrogen-bond acceptors (Lipinski definition) is 5. The quantitative estimate of drug-likeness (QED) is 0.694. The van der Waals surface area contributed by atoms with E-state index < -0.39 is 17.6 Å². The zero-order valence-electron chi connectivity index (χ0n) is 11.9. The van der Waals surface area contributed by atoms with E-state index in [1.54, 1.807) is 0 Å². The predicted octanol–water partition coefficient (Wildman–Crippen LogP) is 3.13. The van der Waals surface area contributed by atoms with Crippen molar-refractivity contribution in [1.29, 1.82) is 0 Å². The van der Waals surface area contributed by atoms with Crippen molar-refractivity contribution < 1.29 is 27.8 Å². The molecule has 0 heterocycles. The van der Waals surface area contributed by atoms with E-state index in [1.165, 1.54) is 19.2 Å². The summed E-state index contributed by atoms with van der Waals surface area (Å²) in [5.41, 5.74) is 5.38. The normalized spacial score (nSPS) is 10.2. The molecule has 116 valence electrons. The van der Waals surface area contributed by atoms with Gasteiger partial charge in [0.1, 0.15) is 5.82 Å². The molecule has 0 radical (unpaired) electrons. The summed E-state index contributed by atoms with van der Waals surface area (Å²) in [6.45, 7) is 0. The van der Waals surface area contributed by atoms with Crippen LogP contribution in [0.25, 0.3) is 0 Å². The zero-order valence-corrected chi connectivity index (χ0v) is 11.9. The Labute approximate surface area is 125 Å². The number of hydrogen-bond donors (Lipinski definition) is 1. The lowest BCUT2D eigenvalue weighted by Gasteiger charge is -2.14. The molecule has 0 saturated heterocycles. The second kappa shape index (κ2) is 6.30. The third-order valence-corrected chi connectivity index (χ3v) is 2.87. The second-order valence-corrected chi connectivity index (χ2v) is 4.23.